The minimum Gasteiger partial charge on any atom is -0.389 e. The number of aromatic nitrogens is 2. The highest BCUT2D eigenvalue weighted by molar-refractivity contribution is 5.93. The molecule has 122 valence electrons. The third-order valence-corrected chi connectivity index (χ3v) is 4.71. The van der Waals surface area contributed by atoms with E-state index in [1.165, 1.54) is 0 Å². The van der Waals surface area contributed by atoms with Gasteiger partial charge in [-0.2, -0.15) is 5.10 Å². The van der Waals surface area contributed by atoms with Gasteiger partial charge in [-0.05, 0) is 31.8 Å². The highest BCUT2D eigenvalue weighted by Crippen LogP contribution is 2.23. The molecule has 0 radical (unpaired) electrons. The molecule has 0 bridgehead atoms. The molecule has 22 heavy (non-hydrogen) atoms. The molecule has 1 amide bonds. The first-order valence-corrected chi connectivity index (χ1v) is 7.91. The fraction of sp³-hybridized carbons (Fsp3) is 0.733. The van der Waals surface area contributed by atoms with E-state index in [1.54, 1.807) is 19.4 Å². The van der Waals surface area contributed by atoms with Gasteiger partial charge in [-0.1, -0.05) is 0 Å². The van der Waals surface area contributed by atoms with Crippen molar-refractivity contribution >= 4 is 5.91 Å². The van der Waals surface area contributed by atoms with Crippen LogP contribution in [0.5, 0.6) is 0 Å². The van der Waals surface area contributed by atoms with Gasteiger partial charge in [0.15, 0.2) is 0 Å². The van der Waals surface area contributed by atoms with Crippen LogP contribution in [0.2, 0.25) is 0 Å². The topological polar surface area (TPSA) is 79.6 Å². The number of ether oxygens (including phenoxy) is 1. The van der Waals surface area contributed by atoms with E-state index in [9.17, 15) is 9.90 Å². The fourth-order valence-electron chi connectivity index (χ4n) is 3.34. The Balaban J connectivity index is 1.49. The van der Waals surface area contributed by atoms with Crippen LogP contribution < -0.4 is 5.32 Å². The number of aliphatic hydroxyl groups excluding tert-OH is 1. The Kier molecular flexibility index (Phi) is 4.75. The second kappa shape index (κ2) is 6.76. The van der Waals surface area contributed by atoms with E-state index in [1.807, 2.05) is 4.68 Å². The van der Waals surface area contributed by atoms with Crippen molar-refractivity contribution in [1.82, 2.24) is 20.0 Å². The maximum atomic E-state index is 11.5. The normalized spacial score (nSPS) is 27.2. The summed E-state index contributed by atoms with van der Waals surface area (Å²) in [5.74, 6) is 0.462. The van der Waals surface area contributed by atoms with Crippen molar-refractivity contribution in [2.45, 2.75) is 31.5 Å². The van der Waals surface area contributed by atoms with Crippen LogP contribution in [-0.4, -0.2) is 71.2 Å². The number of nitrogens with one attached hydrogen (secondary N) is 1. The van der Waals surface area contributed by atoms with Crippen LogP contribution in [0, 0.1) is 5.92 Å². The molecule has 1 aromatic heterocycles. The van der Waals surface area contributed by atoms with Gasteiger partial charge in [-0.3, -0.25) is 14.4 Å². The molecule has 0 aliphatic carbocycles. The van der Waals surface area contributed by atoms with Crippen LogP contribution in [0.1, 0.15) is 23.2 Å². The molecule has 1 aromatic rings. The van der Waals surface area contributed by atoms with E-state index in [0.29, 0.717) is 24.7 Å². The number of likely N-dealkylation sites (tertiary alicyclic amines) is 1. The first-order valence-electron chi connectivity index (χ1n) is 7.91. The lowest BCUT2D eigenvalue weighted by molar-refractivity contribution is 0.0559. The Labute approximate surface area is 130 Å². The van der Waals surface area contributed by atoms with Gasteiger partial charge in [0, 0.05) is 19.8 Å². The third kappa shape index (κ3) is 3.31. The first kappa shape index (κ1) is 15.5. The van der Waals surface area contributed by atoms with Gasteiger partial charge in [0.25, 0.3) is 5.91 Å². The predicted octanol–water partition coefficient (Wildman–Crippen LogP) is -0.286. The van der Waals surface area contributed by atoms with Gasteiger partial charge in [0.05, 0.1) is 37.1 Å². The molecule has 2 aliphatic heterocycles. The standard InChI is InChI=1S/C15H24N4O3/c1-16-15(21)12-6-17-19(8-12)7-11-2-4-18(5-3-11)13-9-22-10-14(13)20/h6,8,11,13-14,20H,2-5,7,9-10H2,1H3,(H,16,21). The maximum absolute atomic E-state index is 11.5. The van der Waals surface area contributed by atoms with E-state index in [0.717, 1.165) is 32.5 Å². The number of piperidine rings is 1. The summed E-state index contributed by atoms with van der Waals surface area (Å²) in [5, 5.41) is 16.8. The zero-order valence-electron chi connectivity index (χ0n) is 12.9. The number of carbonyl (C=O) groups is 1. The molecule has 0 saturated carbocycles. The number of carbonyl (C=O) groups excluding carboxylic acids is 1. The molecule has 2 aliphatic rings. The van der Waals surface area contributed by atoms with Crippen molar-refractivity contribution in [2.24, 2.45) is 5.92 Å². The lowest BCUT2D eigenvalue weighted by Gasteiger charge is -2.36. The lowest BCUT2D eigenvalue weighted by Crippen LogP contribution is -2.47. The van der Waals surface area contributed by atoms with E-state index >= 15 is 0 Å². The van der Waals surface area contributed by atoms with Crippen LogP contribution in [0.15, 0.2) is 12.4 Å². The predicted molar refractivity (Wildman–Crippen MR) is 80.5 cm³/mol. The average molecular weight is 308 g/mol. The summed E-state index contributed by atoms with van der Waals surface area (Å²) in [6.45, 7) is 3.91. The second-order valence-corrected chi connectivity index (χ2v) is 6.18. The van der Waals surface area contributed by atoms with Gasteiger partial charge in [-0.15, -0.1) is 0 Å². The summed E-state index contributed by atoms with van der Waals surface area (Å²) in [4.78, 5) is 13.9. The Morgan fingerprint density at radius 2 is 2.23 bits per heavy atom. The van der Waals surface area contributed by atoms with Gasteiger partial charge >= 0.3 is 0 Å². The molecular formula is C15H24N4O3. The molecule has 3 rings (SSSR count). The molecule has 2 unspecified atom stereocenters. The molecule has 7 heteroatoms. The summed E-state index contributed by atoms with van der Waals surface area (Å²) in [6.07, 6.45) is 5.23. The Hall–Kier alpha value is -1.44. The van der Waals surface area contributed by atoms with E-state index in [-0.39, 0.29) is 18.1 Å². The number of rotatable bonds is 4. The lowest BCUT2D eigenvalue weighted by atomic mass is 9.95. The third-order valence-electron chi connectivity index (χ3n) is 4.71. The van der Waals surface area contributed by atoms with Crippen LogP contribution in [-0.2, 0) is 11.3 Å². The zero-order valence-corrected chi connectivity index (χ0v) is 12.9. The highest BCUT2D eigenvalue weighted by atomic mass is 16.5. The molecule has 2 N–H and O–H groups in total. The van der Waals surface area contributed by atoms with Crippen LogP contribution in [0.4, 0.5) is 0 Å². The summed E-state index contributed by atoms with van der Waals surface area (Å²) in [7, 11) is 1.62. The Morgan fingerprint density at radius 3 is 2.86 bits per heavy atom. The minimum absolute atomic E-state index is 0.101. The van der Waals surface area contributed by atoms with Crippen molar-refractivity contribution in [1.29, 1.82) is 0 Å². The molecule has 2 saturated heterocycles. The largest absolute Gasteiger partial charge is 0.389 e. The van der Waals surface area contributed by atoms with Crippen molar-refractivity contribution < 1.29 is 14.6 Å². The fourth-order valence-corrected chi connectivity index (χ4v) is 3.34. The summed E-state index contributed by atoms with van der Waals surface area (Å²) < 4.78 is 7.20. The summed E-state index contributed by atoms with van der Waals surface area (Å²) in [6, 6.07) is 0.158. The van der Waals surface area contributed by atoms with Gasteiger partial charge in [0.2, 0.25) is 0 Å². The van der Waals surface area contributed by atoms with Gasteiger partial charge < -0.3 is 15.2 Å². The summed E-state index contributed by atoms with van der Waals surface area (Å²) in [5.41, 5.74) is 0.603. The minimum atomic E-state index is -0.349. The molecule has 3 heterocycles. The van der Waals surface area contributed by atoms with Crippen molar-refractivity contribution in [3.05, 3.63) is 18.0 Å². The second-order valence-electron chi connectivity index (χ2n) is 6.18. The molecular weight excluding hydrogens is 284 g/mol. The Morgan fingerprint density at radius 1 is 1.45 bits per heavy atom. The average Bonchev–Trinajstić information content (AvgIpc) is 3.16. The molecule has 7 nitrogen and oxygen atoms in total. The number of amides is 1. The van der Waals surface area contributed by atoms with E-state index in [2.05, 4.69) is 15.3 Å². The molecule has 2 fully saturated rings. The smallest absolute Gasteiger partial charge is 0.254 e. The zero-order chi connectivity index (χ0) is 15.5. The molecule has 0 aromatic carbocycles. The molecule has 2 atom stereocenters. The van der Waals surface area contributed by atoms with Crippen LogP contribution >= 0.6 is 0 Å². The number of hydrogen-bond donors (Lipinski definition) is 2. The monoisotopic (exact) mass is 308 g/mol. The van der Waals surface area contributed by atoms with Gasteiger partial charge in [0.1, 0.15) is 0 Å². The highest BCUT2D eigenvalue weighted by Gasteiger charge is 2.33. The van der Waals surface area contributed by atoms with Crippen LogP contribution in [0.3, 0.4) is 0 Å². The number of nitrogens with zero attached hydrogens (tertiary/aromatic N) is 3. The van der Waals surface area contributed by atoms with Crippen molar-refractivity contribution in [3.8, 4) is 0 Å². The van der Waals surface area contributed by atoms with E-state index < -0.39 is 0 Å². The number of hydrogen-bond acceptors (Lipinski definition) is 5. The first-order chi connectivity index (χ1) is 10.7. The van der Waals surface area contributed by atoms with E-state index in [4.69, 9.17) is 4.74 Å². The SMILES string of the molecule is CNC(=O)c1cnn(CC2CCN(C3COCC3O)CC2)c1. The molecule has 0 spiro atoms. The van der Waals surface area contributed by atoms with Crippen molar-refractivity contribution in [3.63, 3.8) is 0 Å². The Bertz CT molecular complexity index is 511. The quantitative estimate of drug-likeness (QED) is 0.799. The van der Waals surface area contributed by atoms with Crippen molar-refractivity contribution in [2.75, 3.05) is 33.4 Å². The maximum Gasteiger partial charge on any atom is 0.254 e. The van der Waals surface area contributed by atoms with Gasteiger partial charge in [-0.25, -0.2) is 0 Å². The number of aliphatic hydroxyl groups is 1. The summed E-state index contributed by atoms with van der Waals surface area (Å²) >= 11 is 0. The van der Waals surface area contributed by atoms with Crippen LogP contribution in [0.25, 0.3) is 0 Å².